The Bertz CT molecular complexity index is 842. The van der Waals surface area contributed by atoms with Crippen LogP contribution in [0.2, 0.25) is 0 Å². The van der Waals surface area contributed by atoms with Crippen LogP contribution in [0.25, 0.3) is 0 Å². The summed E-state index contributed by atoms with van der Waals surface area (Å²) in [6.45, 7) is 28.2. The lowest BCUT2D eigenvalue weighted by Gasteiger charge is -2.33. The van der Waals surface area contributed by atoms with Gasteiger partial charge < -0.3 is 19.3 Å². The normalized spacial score (nSPS) is 12.5. The smallest absolute Gasteiger partial charge is 0.406 e. The molecule has 0 saturated heterocycles. The Kier molecular flexibility index (Phi) is 9.64. The first-order valence-corrected chi connectivity index (χ1v) is 12.5. The highest BCUT2D eigenvalue weighted by atomic mass is 16.6. The maximum absolute atomic E-state index is 13.3. The third kappa shape index (κ3) is 7.38. The van der Waals surface area contributed by atoms with Crippen molar-refractivity contribution in [1.82, 2.24) is 9.80 Å². The lowest BCUT2D eigenvalue weighted by molar-refractivity contribution is 0.112. The van der Waals surface area contributed by atoms with Crippen molar-refractivity contribution in [1.29, 1.82) is 0 Å². The van der Waals surface area contributed by atoms with Crippen molar-refractivity contribution < 1.29 is 19.1 Å². The van der Waals surface area contributed by atoms with Crippen LogP contribution in [0.3, 0.4) is 0 Å². The van der Waals surface area contributed by atoms with Crippen LogP contribution in [0.1, 0.15) is 108 Å². The monoisotopic (exact) mass is 476 g/mol. The Morgan fingerprint density at radius 3 is 1.35 bits per heavy atom. The molecule has 1 rings (SSSR count). The zero-order chi connectivity index (χ0) is 26.8. The van der Waals surface area contributed by atoms with E-state index in [-0.39, 0.29) is 40.7 Å². The number of hydrogen-bond acceptors (Lipinski definition) is 4. The van der Waals surface area contributed by atoms with Gasteiger partial charge >= 0.3 is 12.2 Å². The highest BCUT2D eigenvalue weighted by molar-refractivity contribution is 5.77. The van der Waals surface area contributed by atoms with Crippen LogP contribution in [-0.2, 0) is 10.8 Å². The summed E-state index contributed by atoms with van der Waals surface area (Å²) in [4.78, 5) is 29.9. The second-order valence-corrected chi connectivity index (χ2v) is 12.3. The fourth-order valence-corrected chi connectivity index (χ4v) is 4.10. The summed E-state index contributed by atoms with van der Waals surface area (Å²) in [7, 11) is 0. The highest BCUT2D eigenvalue weighted by Crippen LogP contribution is 2.43. The van der Waals surface area contributed by atoms with E-state index < -0.39 is 12.2 Å². The fraction of sp³-hybridized carbons (Fsp3) is 0.714. The van der Waals surface area contributed by atoms with E-state index in [1.165, 1.54) is 0 Å². The number of amides is 2. The van der Waals surface area contributed by atoms with E-state index in [1.807, 2.05) is 61.5 Å². The number of carbonyl (C=O) groups is 2. The van der Waals surface area contributed by atoms with Crippen molar-refractivity contribution in [3.8, 4) is 11.5 Å². The third-order valence-electron chi connectivity index (χ3n) is 5.76. The lowest BCUT2D eigenvalue weighted by Crippen LogP contribution is -2.44. The standard InChI is InChI=1S/C28H48N2O4/c1-17(2)29(18(3)4)25(31)33-23-16-21(27(9,10)11)15-22(28(12,13)14)24(23)34-26(32)30(19(5)6)20(7)8/h15-20H,1-14H3. The molecule has 0 aliphatic rings. The van der Waals surface area contributed by atoms with Gasteiger partial charge in [0, 0.05) is 29.7 Å². The molecule has 0 heterocycles. The van der Waals surface area contributed by atoms with Gasteiger partial charge in [0.2, 0.25) is 0 Å². The van der Waals surface area contributed by atoms with E-state index in [0.29, 0.717) is 5.75 Å². The van der Waals surface area contributed by atoms with Gasteiger partial charge in [-0.3, -0.25) is 0 Å². The maximum atomic E-state index is 13.3. The molecule has 194 valence electrons. The summed E-state index contributed by atoms with van der Waals surface area (Å²) < 4.78 is 12.0. The van der Waals surface area contributed by atoms with Gasteiger partial charge in [0.05, 0.1) is 0 Å². The first-order chi connectivity index (χ1) is 15.3. The Morgan fingerprint density at radius 1 is 0.647 bits per heavy atom. The van der Waals surface area contributed by atoms with Crippen molar-refractivity contribution in [2.24, 2.45) is 0 Å². The SMILES string of the molecule is CC(C)N(C(=O)Oc1cc(C(C)(C)C)cc(C(C)(C)C)c1OC(=O)N(C(C)C)C(C)C)C(C)C. The molecule has 0 saturated carbocycles. The molecular weight excluding hydrogens is 428 g/mol. The lowest BCUT2D eigenvalue weighted by atomic mass is 9.80. The molecule has 0 atom stereocenters. The summed E-state index contributed by atoms with van der Waals surface area (Å²) in [6, 6.07) is 3.75. The second kappa shape index (κ2) is 11.0. The van der Waals surface area contributed by atoms with Gasteiger partial charge in [0.1, 0.15) is 0 Å². The number of benzene rings is 1. The van der Waals surface area contributed by atoms with Crippen molar-refractivity contribution in [2.75, 3.05) is 0 Å². The molecule has 0 spiro atoms. The van der Waals surface area contributed by atoms with Crippen molar-refractivity contribution in [3.05, 3.63) is 23.3 Å². The van der Waals surface area contributed by atoms with Crippen LogP contribution < -0.4 is 9.47 Å². The van der Waals surface area contributed by atoms with Gasteiger partial charge in [-0.1, -0.05) is 47.6 Å². The van der Waals surface area contributed by atoms with E-state index in [2.05, 4.69) is 47.6 Å². The van der Waals surface area contributed by atoms with Gasteiger partial charge in [0.15, 0.2) is 11.5 Å². The van der Waals surface area contributed by atoms with Gasteiger partial charge in [0.25, 0.3) is 0 Å². The molecule has 6 heteroatoms. The van der Waals surface area contributed by atoms with Gasteiger partial charge in [-0.25, -0.2) is 9.59 Å². The number of ether oxygens (including phenoxy) is 2. The van der Waals surface area contributed by atoms with Gasteiger partial charge in [-0.2, -0.15) is 0 Å². The van der Waals surface area contributed by atoms with Gasteiger partial charge in [-0.15, -0.1) is 0 Å². The Labute approximate surface area is 208 Å². The molecule has 0 radical (unpaired) electrons. The summed E-state index contributed by atoms with van der Waals surface area (Å²) in [5.41, 5.74) is 1.28. The topological polar surface area (TPSA) is 59.1 Å². The Morgan fingerprint density at radius 2 is 1.03 bits per heavy atom. The van der Waals surface area contributed by atoms with E-state index in [0.717, 1.165) is 11.1 Å². The Balaban J connectivity index is 3.77. The fourth-order valence-electron chi connectivity index (χ4n) is 4.10. The zero-order valence-electron chi connectivity index (χ0n) is 24.0. The van der Waals surface area contributed by atoms with Crippen molar-refractivity contribution in [2.45, 2.75) is 132 Å². The minimum atomic E-state index is -0.460. The van der Waals surface area contributed by atoms with Crippen molar-refractivity contribution >= 4 is 12.2 Å². The predicted molar refractivity (Wildman–Crippen MR) is 140 cm³/mol. The predicted octanol–water partition coefficient (Wildman–Crippen LogP) is 7.52. The maximum Gasteiger partial charge on any atom is 0.415 e. The number of carbonyl (C=O) groups excluding carboxylic acids is 2. The molecule has 0 aliphatic carbocycles. The quantitative estimate of drug-likeness (QED) is 0.426. The van der Waals surface area contributed by atoms with E-state index in [1.54, 1.807) is 9.80 Å². The number of rotatable bonds is 6. The molecule has 0 bridgehead atoms. The minimum absolute atomic E-state index is 0.0382. The first kappa shape index (κ1) is 29.8. The van der Waals surface area contributed by atoms with Crippen LogP contribution >= 0.6 is 0 Å². The highest BCUT2D eigenvalue weighted by Gasteiger charge is 2.32. The number of nitrogens with zero attached hydrogens (tertiary/aromatic N) is 2. The molecule has 0 fully saturated rings. The summed E-state index contributed by atoms with van der Waals surface area (Å²) in [5.74, 6) is 0.576. The third-order valence-corrected chi connectivity index (χ3v) is 5.76. The molecule has 1 aromatic carbocycles. The molecule has 0 N–H and O–H groups in total. The zero-order valence-corrected chi connectivity index (χ0v) is 24.0. The Hall–Kier alpha value is -2.24. The average molecular weight is 477 g/mol. The molecule has 2 amide bonds. The van der Waals surface area contributed by atoms with Crippen molar-refractivity contribution in [3.63, 3.8) is 0 Å². The van der Waals surface area contributed by atoms with Crippen LogP contribution in [0.5, 0.6) is 11.5 Å². The summed E-state index contributed by atoms with van der Waals surface area (Å²) >= 11 is 0. The van der Waals surface area contributed by atoms with Gasteiger partial charge in [-0.05, 0) is 77.8 Å². The summed E-state index contributed by atoms with van der Waals surface area (Å²) in [6.07, 6.45) is -0.918. The van der Waals surface area contributed by atoms with E-state index in [4.69, 9.17) is 9.47 Å². The van der Waals surface area contributed by atoms with Crippen LogP contribution in [-0.4, -0.2) is 46.2 Å². The van der Waals surface area contributed by atoms with Crippen LogP contribution in [0, 0.1) is 0 Å². The average Bonchev–Trinajstić information content (AvgIpc) is 2.59. The van der Waals surface area contributed by atoms with Crippen LogP contribution in [0.15, 0.2) is 12.1 Å². The number of hydrogen-bond donors (Lipinski definition) is 0. The first-order valence-electron chi connectivity index (χ1n) is 12.5. The molecule has 0 aliphatic heterocycles. The van der Waals surface area contributed by atoms with E-state index in [9.17, 15) is 9.59 Å². The molecule has 0 aromatic heterocycles. The molecule has 0 unspecified atom stereocenters. The second-order valence-electron chi connectivity index (χ2n) is 12.3. The van der Waals surface area contributed by atoms with E-state index >= 15 is 0 Å². The van der Waals surface area contributed by atoms with Crippen LogP contribution in [0.4, 0.5) is 9.59 Å². The molecule has 34 heavy (non-hydrogen) atoms. The summed E-state index contributed by atoms with van der Waals surface area (Å²) in [5, 5.41) is 0. The molecule has 1 aromatic rings. The molecule has 6 nitrogen and oxygen atoms in total. The molecular formula is C28H48N2O4. The largest absolute Gasteiger partial charge is 0.415 e. The minimum Gasteiger partial charge on any atom is -0.406 e.